The highest BCUT2D eigenvalue weighted by Crippen LogP contribution is 2.16. The monoisotopic (exact) mass is 292 g/mol. The number of nitrogens with one attached hydrogen (secondary N) is 2. The second-order valence-corrected chi connectivity index (χ2v) is 5.55. The first kappa shape index (κ1) is 15.6. The molecule has 1 saturated heterocycles. The number of amides is 2. The Kier molecular flexibility index (Phi) is 5.38. The quantitative estimate of drug-likeness (QED) is 0.863. The normalized spacial score (nSPS) is 19.1. The zero-order valence-corrected chi connectivity index (χ0v) is 12.9. The van der Waals surface area contributed by atoms with E-state index in [2.05, 4.69) is 15.6 Å². The van der Waals surface area contributed by atoms with E-state index in [-0.39, 0.29) is 18.2 Å². The molecule has 116 valence electrons. The van der Waals surface area contributed by atoms with E-state index in [0.29, 0.717) is 6.54 Å². The third-order valence-electron chi connectivity index (χ3n) is 3.61. The van der Waals surface area contributed by atoms with Gasteiger partial charge in [0, 0.05) is 39.0 Å². The standard InChI is InChI=1S/C15H24N4O2/c1-11(13-7-5-9-21-13)18-15(20)17-10-12-6-4-8-16-14(12)19(2)3/h4,6,8,11,13H,5,7,9-10H2,1-3H3,(H2,17,18,20)/t11-,13-/m1/s1. The number of pyridine rings is 1. The van der Waals surface area contributed by atoms with Crippen LogP contribution in [0.1, 0.15) is 25.3 Å². The number of nitrogens with zero attached hydrogens (tertiary/aromatic N) is 2. The van der Waals surface area contributed by atoms with Gasteiger partial charge >= 0.3 is 6.03 Å². The van der Waals surface area contributed by atoms with Crippen molar-refractivity contribution in [3.8, 4) is 0 Å². The molecular formula is C15H24N4O2. The number of ether oxygens (including phenoxy) is 1. The first-order chi connectivity index (χ1) is 10.1. The highest BCUT2D eigenvalue weighted by Gasteiger charge is 2.23. The van der Waals surface area contributed by atoms with E-state index < -0.39 is 0 Å². The molecule has 2 N–H and O–H groups in total. The van der Waals surface area contributed by atoms with Crippen LogP contribution in [0.2, 0.25) is 0 Å². The summed E-state index contributed by atoms with van der Waals surface area (Å²) in [6, 6.07) is 3.68. The van der Waals surface area contributed by atoms with Crippen molar-refractivity contribution in [1.29, 1.82) is 0 Å². The fourth-order valence-corrected chi connectivity index (χ4v) is 2.49. The molecule has 1 aliphatic heterocycles. The lowest BCUT2D eigenvalue weighted by molar-refractivity contribution is 0.0860. The van der Waals surface area contributed by atoms with Crippen LogP contribution in [0.4, 0.5) is 10.6 Å². The van der Waals surface area contributed by atoms with Crippen LogP contribution >= 0.6 is 0 Å². The van der Waals surface area contributed by atoms with Crippen LogP contribution in [0.25, 0.3) is 0 Å². The van der Waals surface area contributed by atoms with E-state index in [0.717, 1.165) is 30.8 Å². The molecule has 21 heavy (non-hydrogen) atoms. The van der Waals surface area contributed by atoms with Gasteiger partial charge in [0.15, 0.2) is 0 Å². The molecule has 1 aliphatic rings. The molecule has 2 atom stereocenters. The number of urea groups is 1. The Morgan fingerprint density at radius 2 is 2.38 bits per heavy atom. The molecule has 6 nitrogen and oxygen atoms in total. The predicted molar refractivity (Wildman–Crippen MR) is 82.4 cm³/mol. The lowest BCUT2D eigenvalue weighted by Gasteiger charge is -2.21. The molecule has 1 fully saturated rings. The van der Waals surface area contributed by atoms with Crippen molar-refractivity contribution in [2.24, 2.45) is 0 Å². The van der Waals surface area contributed by atoms with Crippen LogP contribution < -0.4 is 15.5 Å². The van der Waals surface area contributed by atoms with Crippen molar-refractivity contribution in [3.05, 3.63) is 23.9 Å². The van der Waals surface area contributed by atoms with Crippen LogP contribution in [0, 0.1) is 0 Å². The zero-order chi connectivity index (χ0) is 15.2. The third kappa shape index (κ3) is 4.32. The van der Waals surface area contributed by atoms with Crippen LogP contribution in [-0.2, 0) is 11.3 Å². The average molecular weight is 292 g/mol. The maximum absolute atomic E-state index is 12.0. The lowest BCUT2D eigenvalue weighted by atomic mass is 10.1. The fourth-order valence-electron chi connectivity index (χ4n) is 2.49. The van der Waals surface area contributed by atoms with Crippen LogP contribution in [0.15, 0.2) is 18.3 Å². The Bertz CT molecular complexity index is 472. The van der Waals surface area contributed by atoms with Gasteiger partial charge in [-0.1, -0.05) is 6.07 Å². The molecule has 0 aromatic carbocycles. The predicted octanol–water partition coefficient (Wildman–Crippen LogP) is 1.51. The molecule has 0 spiro atoms. The van der Waals surface area contributed by atoms with Gasteiger partial charge in [-0.2, -0.15) is 0 Å². The molecule has 0 bridgehead atoms. The van der Waals surface area contributed by atoms with E-state index in [1.165, 1.54) is 0 Å². The summed E-state index contributed by atoms with van der Waals surface area (Å²) in [5.74, 6) is 0.866. The van der Waals surface area contributed by atoms with Gasteiger partial charge in [-0.3, -0.25) is 0 Å². The van der Waals surface area contributed by atoms with Crippen molar-refractivity contribution in [1.82, 2.24) is 15.6 Å². The number of rotatable bonds is 5. The van der Waals surface area contributed by atoms with Crippen molar-refractivity contribution in [2.45, 2.75) is 38.5 Å². The fraction of sp³-hybridized carbons (Fsp3) is 0.600. The largest absolute Gasteiger partial charge is 0.376 e. The van der Waals surface area contributed by atoms with E-state index >= 15 is 0 Å². The molecule has 0 saturated carbocycles. The zero-order valence-electron chi connectivity index (χ0n) is 12.9. The van der Waals surface area contributed by atoms with Gasteiger partial charge in [0.2, 0.25) is 0 Å². The molecular weight excluding hydrogens is 268 g/mol. The molecule has 0 unspecified atom stereocenters. The van der Waals surface area contributed by atoms with Gasteiger partial charge in [0.1, 0.15) is 5.82 Å². The number of hydrogen-bond donors (Lipinski definition) is 2. The first-order valence-corrected chi connectivity index (χ1v) is 7.35. The summed E-state index contributed by atoms with van der Waals surface area (Å²) in [6.45, 7) is 3.22. The highest BCUT2D eigenvalue weighted by atomic mass is 16.5. The second-order valence-electron chi connectivity index (χ2n) is 5.55. The van der Waals surface area contributed by atoms with Crippen LogP contribution in [0.3, 0.4) is 0 Å². The summed E-state index contributed by atoms with van der Waals surface area (Å²) >= 11 is 0. The summed E-state index contributed by atoms with van der Waals surface area (Å²) < 4.78 is 5.57. The Hall–Kier alpha value is -1.82. The Labute approximate surface area is 125 Å². The summed E-state index contributed by atoms with van der Waals surface area (Å²) in [4.78, 5) is 18.2. The maximum Gasteiger partial charge on any atom is 0.315 e. The molecule has 2 rings (SSSR count). The third-order valence-corrected chi connectivity index (χ3v) is 3.61. The van der Waals surface area contributed by atoms with Gasteiger partial charge in [-0.05, 0) is 25.8 Å². The lowest BCUT2D eigenvalue weighted by Crippen LogP contribution is -2.45. The van der Waals surface area contributed by atoms with E-state index in [9.17, 15) is 4.79 Å². The molecule has 1 aromatic rings. The molecule has 2 amide bonds. The summed E-state index contributed by atoms with van der Waals surface area (Å²) in [5, 5.41) is 5.81. The number of aromatic nitrogens is 1. The Morgan fingerprint density at radius 1 is 1.57 bits per heavy atom. The number of carbonyl (C=O) groups excluding carboxylic acids is 1. The van der Waals surface area contributed by atoms with E-state index in [4.69, 9.17) is 4.74 Å². The summed E-state index contributed by atoms with van der Waals surface area (Å²) in [7, 11) is 3.87. The molecule has 0 radical (unpaired) electrons. The van der Waals surface area contributed by atoms with Crippen molar-refractivity contribution in [3.63, 3.8) is 0 Å². The van der Waals surface area contributed by atoms with Gasteiger partial charge in [0.25, 0.3) is 0 Å². The SMILES string of the molecule is C[C@@H](NC(=O)NCc1cccnc1N(C)C)[C@H]1CCCO1. The number of carbonyl (C=O) groups is 1. The summed E-state index contributed by atoms with van der Waals surface area (Å²) in [5.41, 5.74) is 0.988. The summed E-state index contributed by atoms with van der Waals surface area (Å²) in [6.07, 6.45) is 3.96. The molecule has 2 heterocycles. The van der Waals surface area contributed by atoms with Crippen LogP contribution in [-0.4, -0.2) is 43.9 Å². The van der Waals surface area contributed by atoms with Crippen molar-refractivity contribution >= 4 is 11.8 Å². The van der Waals surface area contributed by atoms with E-state index in [1.807, 2.05) is 38.1 Å². The van der Waals surface area contributed by atoms with Crippen LogP contribution in [0.5, 0.6) is 0 Å². The van der Waals surface area contributed by atoms with Gasteiger partial charge in [0.05, 0.1) is 12.1 Å². The minimum atomic E-state index is -0.174. The average Bonchev–Trinajstić information content (AvgIpc) is 2.99. The smallest absolute Gasteiger partial charge is 0.315 e. The maximum atomic E-state index is 12.0. The van der Waals surface area contributed by atoms with Crippen molar-refractivity contribution < 1.29 is 9.53 Å². The number of anilines is 1. The molecule has 1 aromatic heterocycles. The van der Waals surface area contributed by atoms with Crippen molar-refractivity contribution in [2.75, 3.05) is 25.6 Å². The topological polar surface area (TPSA) is 66.5 Å². The Balaban J connectivity index is 1.83. The van der Waals surface area contributed by atoms with Gasteiger partial charge < -0.3 is 20.3 Å². The minimum Gasteiger partial charge on any atom is -0.376 e. The molecule has 6 heteroatoms. The minimum absolute atomic E-state index is 0.0229. The van der Waals surface area contributed by atoms with Gasteiger partial charge in [-0.25, -0.2) is 9.78 Å². The van der Waals surface area contributed by atoms with Gasteiger partial charge in [-0.15, -0.1) is 0 Å². The first-order valence-electron chi connectivity index (χ1n) is 7.35. The highest BCUT2D eigenvalue weighted by molar-refractivity contribution is 5.74. The number of hydrogen-bond acceptors (Lipinski definition) is 4. The Morgan fingerprint density at radius 3 is 3.05 bits per heavy atom. The second kappa shape index (κ2) is 7.26. The van der Waals surface area contributed by atoms with E-state index in [1.54, 1.807) is 6.20 Å². The molecule has 0 aliphatic carbocycles.